The molecule has 1 aliphatic heterocycles. The predicted octanol–water partition coefficient (Wildman–Crippen LogP) is 2.00. The lowest BCUT2D eigenvalue weighted by molar-refractivity contribution is -0.125. The molecule has 1 aromatic carbocycles. The minimum Gasteiger partial charge on any atom is -0.318 e. The Morgan fingerprint density at radius 3 is 2.84 bits per heavy atom. The van der Waals surface area contributed by atoms with Crippen LogP contribution in [0.4, 0.5) is 4.79 Å². The normalized spacial score (nSPS) is 15.9. The van der Waals surface area contributed by atoms with Gasteiger partial charge < -0.3 is 4.90 Å². The van der Waals surface area contributed by atoms with E-state index in [9.17, 15) is 9.59 Å². The summed E-state index contributed by atoms with van der Waals surface area (Å²) in [5.41, 5.74) is 2.07. The van der Waals surface area contributed by atoms with Crippen molar-refractivity contribution in [1.29, 1.82) is 0 Å². The van der Waals surface area contributed by atoms with Gasteiger partial charge in [-0.1, -0.05) is 6.07 Å². The number of hydrogen-bond acceptors (Lipinski definition) is 4. The molecule has 0 atom stereocenters. The average molecular weight is 275 g/mol. The van der Waals surface area contributed by atoms with E-state index in [1.165, 1.54) is 21.1 Å². The molecule has 0 radical (unpaired) electrons. The molecule has 0 N–H and O–H groups in total. The summed E-state index contributed by atoms with van der Waals surface area (Å²) in [6.07, 6.45) is 0. The van der Waals surface area contributed by atoms with Gasteiger partial charge in [0.15, 0.2) is 0 Å². The molecule has 2 aromatic rings. The molecule has 0 saturated carbocycles. The first kappa shape index (κ1) is 12.1. The van der Waals surface area contributed by atoms with Gasteiger partial charge in [0.25, 0.3) is 5.91 Å². The van der Waals surface area contributed by atoms with E-state index in [1.54, 1.807) is 7.05 Å². The van der Waals surface area contributed by atoms with Crippen LogP contribution in [0.15, 0.2) is 18.2 Å². The number of nitrogens with zero attached hydrogens (tertiary/aromatic N) is 3. The summed E-state index contributed by atoms with van der Waals surface area (Å²) < 4.78 is 1.08. The number of carbonyl (C=O) groups is 2. The van der Waals surface area contributed by atoms with Crippen LogP contribution in [0, 0.1) is 6.92 Å². The molecular weight excluding hydrogens is 262 g/mol. The molecule has 6 heteroatoms. The van der Waals surface area contributed by atoms with Crippen molar-refractivity contribution in [2.75, 3.05) is 13.6 Å². The maximum Gasteiger partial charge on any atom is 0.327 e. The Labute approximate surface area is 114 Å². The van der Waals surface area contributed by atoms with Crippen LogP contribution in [0.1, 0.15) is 10.6 Å². The van der Waals surface area contributed by atoms with E-state index >= 15 is 0 Å². The molecule has 1 aliphatic rings. The van der Waals surface area contributed by atoms with E-state index < -0.39 is 0 Å². The Hall–Kier alpha value is -1.95. The molecule has 5 nitrogen and oxygen atoms in total. The standard InChI is InChI=1S/C13H13N3O2S/c1-8-3-4-10-9(5-8)14-11(19-10)6-16-12(17)7-15(2)13(16)18/h3-5H,6-7H2,1-2H3. The van der Waals surface area contributed by atoms with E-state index in [0.29, 0.717) is 0 Å². The van der Waals surface area contributed by atoms with E-state index in [0.717, 1.165) is 20.8 Å². The summed E-state index contributed by atoms with van der Waals surface area (Å²) in [5, 5.41) is 0.789. The fraction of sp³-hybridized carbons (Fsp3) is 0.308. The van der Waals surface area contributed by atoms with Crippen molar-refractivity contribution in [1.82, 2.24) is 14.8 Å². The number of urea groups is 1. The lowest BCUT2D eigenvalue weighted by Gasteiger charge is -2.11. The van der Waals surface area contributed by atoms with Gasteiger partial charge in [-0.3, -0.25) is 9.69 Å². The quantitative estimate of drug-likeness (QED) is 0.788. The summed E-state index contributed by atoms with van der Waals surface area (Å²) in [5.74, 6) is -0.164. The minimum absolute atomic E-state index is 0.156. The van der Waals surface area contributed by atoms with Gasteiger partial charge in [0.1, 0.15) is 11.6 Å². The third kappa shape index (κ3) is 2.08. The highest BCUT2D eigenvalue weighted by molar-refractivity contribution is 7.18. The van der Waals surface area contributed by atoms with E-state index in [-0.39, 0.29) is 25.0 Å². The number of hydrogen-bond donors (Lipinski definition) is 0. The molecule has 0 spiro atoms. The van der Waals surface area contributed by atoms with Gasteiger partial charge in [0.2, 0.25) is 0 Å². The van der Waals surface area contributed by atoms with Crippen LogP contribution < -0.4 is 0 Å². The Morgan fingerprint density at radius 2 is 2.16 bits per heavy atom. The number of carbonyl (C=O) groups excluding carboxylic acids is 2. The van der Waals surface area contributed by atoms with E-state index in [4.69, 9.17) is 0 Å². The van der Waals surface area contributed by atoms with Gasteiger partial charge in [-0.15, -0.1) is 11.3 Å². The molecule has 1 aromatic heterocycles. The fourth-order valence-electron chi connectivity index (χ4n) is 2.11. The van der Waals surface area contributed by atoms with Crippen molar-refractivity contribution in [3.05, 3.63) is 28.8 Å². The topological polar surface area (TPSA) is 53.5 Å². The molecule has 98 valence electrons. The van der Waals surface area contributed by atoms with Gasteiger partial charge >= 0.3 is 6.03 Å². The maximum absolute atomic E-state index is 11.8. The SMILES string of the molecule is Cc1ccc2sc(CN3C(=O)CN(C)C3=O)nc2c1. The van der Waals surface area contributed by atoms with Crippen LogP contribution in [-0.2, 0) is 11.3 Å². The van der Waals surface area contributed by atoms with Gasteiger partial charge in [-0.2, -0.15) is 0 Å². The zero-order valence-electron chi connectivity index (χ0n) is 10.7. The number of rotatable bonds is 2. The summed E-state index contributed by atoms with van der Waals surface area (Å²) in [4.78, 5) is 30.7. The molecule has 0 bridgehead atoms. The van der Waals surface area contributed by atoms with E-state index in [2.05, 4.69) is 4.98 Å². The summed E-state index contributed by atoms with van der Waals surface area (Å²) in [6, 6.07) is 5.81. The van der Waals surface area contributed by atoms with Crippen molar-refractivity contribution in [2.24, 2.45) is 0 Å². The van der Waals surface area contributed by atoms with Gasteiger partial charge in [0, 0.05) is 7.05 Å². The van der Waals surface area contributed by atoms with Gasteiger partial charge in [-0.05, 0) is 24.6 Å². The number of thiazole rings is 1. The highest BCUT2D eigenvalue weighted by Crippen LogP contribution is 2.25. The van der Waals surface area contributed by atoms with Crippen molar-refractivity contribution in [3.63, 3.8) is 0 Å². The van der Waals surface area contributed by atoms with Crippen LogP contribution in [0.2, 0.25) is 0 Å². The number of benzene rings is 1. The van der Waals surface area contributed by atoms with Gasteiger partial charge in [-0.25, -0.2) is 9.78 Å². The molecule has 1 saturated heterocycles. The highest BCUT2D eigenvalue weighted by atomic mass is 32.1. The second-order valence-corrected chi connectivity index (χ2v) is 5.81. The summed E-state index contributed by atoms with van der Waals surface area (Å²) in [6.45, 7) is 2.43. The highest BCUT2D eigenvalue weighted by Gasteiger charge is 2.33. The smallest absolute Gasteiger partial charge is 0.318 e. The number of aryl methyl sites for hydroxylation is 1. The summed E-state index contributed by atoms with van der Waals surface area (Å²) in [7, 11) is 1.63. The van der Waals surface area contributed by atoms with Crippen LogP contribution in [0.5, 0.6) is 0 Å². The average Bonchev–Trinajstić information content (AvgIpc) is 2.85. The lowest BCUT2D eigenvalue weighted by atomic mass is 10.2. The fourth-order valence-corrected chi connectivity index (χ4v) is 3.05. The molecular formula is C13H13N3O2S. The Balaban J connectivity index is 1.89. The largest absolute Gasteiger partial charge is 0.327 e. The zero-order chi connectivity index (χ0) is 13.6. The van der Waals surface area contributed by atoms with Crippen LogP contribution in [0.25, 0.3) is 10.2 Å². The van der Waals surface area contributed by atoms with Crippen molar-refractivity contribution < 1.29 is 9.59 Å². The van der Waals surface area contributed by atoms with Crippen molar-refractivity contribution in [2.45, 2.75) is 13.5 Å². The number of imide groups is 1. The molecule has 2 heterocycles. The number of likely N-dealkylation sites (N-methyl/N-ethyl adjacent to an activating group) is 1. The molecule has 0 aliphatic carbocycles. The second kappa shape index (κ2) is 4.31. The lowest BCUT2D eigenvalue weighted by Crippen LogP contribution is -2.30. The first-order valence-corrected chi connectivity index (χ1v) is 6.78. The van der Waals surface area contributed by atoms with Gasteiger partial charge in [0.05, 0.1) is 16.8 Å². The van der Waals surface area contributed by atoms with Crippen molar-refractivity contribution in [3.8, 4) is 0 Å². The van der Waals surface area contributed by atoms with Crippen LogP contribution in [0.3, 0.4) is 0 Å². The molecule has 1 fully saturated rings. The predicted molar refractivity (Wildman–Crippen MR) is 72.9 cm³/mol. The molecule has 3 amide bonds. The van der Waals surface area contributed by atoms with E-state index in [1.807, 2.05) is 25.1 Å². The molecule has 19 heavy (non-hydrogen) atoms. The minimum atomic E-state index is -0.250. The number of fused-ring (bicyclic) bond motifs is 1. The Kier molecular flexibility index (Phi) is 2.74. The Bertz CT molecular complexity index is 680. The number of aromatic nitrogens is 1. The van der Waals surface area contributed by atoms with Crippen LogP contribution in [-0.4, -0.2) is 40.3 Å². The summed E-state index contributed by atoms with van der Waals surface area (Å²) >= 11 is 1.52. The second-order valence-electron chi connectivity index (χ2n) is 4.70. The number of amides is 3. The first-order chi connectivity index (χ1) is 9.04. The molecule has 3 rings (SSSR count). The third-order valence-corrected chi connectivity index (χ3v) is 4.13. The Morgan fingerprint density at radius 1 is 1.37 bits per heavy atom. The van der Waals surface area contributed by atoms with Crippen LogP contribution >= 0.6 is 11.3 Å². The molecule has 0 unspecified atom stereocenters. The maximum atomic E-state index is 11.8. The third-order valence-electron chi connectivity index (χ3n) is 3.11. The van der Waals surface area contributed by atoms with Crippen molar-refractivity contribution >= 4 is 33.5 Å². The monoisotopic (exact) mass is 275 g/mol. The zero-order valence-corrected chi connectivity index (χ0v) is 11.5. The first-order valence-electron chi connectivity index (χ1n) is 5.96.